The number of fused-ring (bicyclic) bond motifs is 1. The molecule has 0 saturated heterocycles. The minimum atomic E-state index is -3.32. The third-order valence-electron chi connectivity index (χ3n) is 4.07. The van der Waals surface area contributed by atoms with E-state index in [0.29, 0.717) is 25.8 Å². The van der Waals surface area contributed by atoms with Crippen molar-refractivity contribution >= 4 is 43.0 Å². The maximum absolute atomic E-state index is 12.1. The van der Waals surface area contributed by atoms with Crippen LogP contribution in [0.1, 0.15) is 45.6 Å². The minimum absolute atomic E-state index is 0.0438. The smallest absolute Gasteiger partial charge is 0.224 e. The number of amides is 1. The predicted molar refractivity (Wildman–Crippen MR) is 106 cm³/mol. The van der Waals surface area contributed by atoms with E-state index in [2.05, 4.69) is 16.1 Å². The molecule has 0 aliphatic carbocycles. The zero-order valence-corrected chi connectivity index (χ0v) is 16.8. The summed E-state index contributed by atoms with van der Waals surface area (Å²) in [4.78, 5) is 12.1. The summed E-state index contributed by atoms with van der Waals surface area (Å²) in [6.45, 7) is 7.35. The minimum Gasteiger partial charge on any atom is -0.326 e. The summed E-state index contributed by atoms with van der Waals surface area (Å²) in [6.07, 6.45) is 1.64. The Kier molecular flexibility index (Phi) is 6.24. The molecular formula is C18H26N2O3S2. The van der Waals surface area contributed by atoms with Gasteiger partial charge in [0.2, 0.25) is 15.9 Å². The predicted octanol–water partition coefficient (Wildman–Crippen LogP) is 4.04. The molecule has 0 saturated carbocycles. The van der Waals surface area contributed by atoms with Crippen LogP contribution in [0.4, 0.5) is 5.69 Å². The molecule has 1 amide bonds. The molecule has 2 aromatic rings. The van der Waals surface area contributed by atoms with Gasteiger partial charge in [-0.15, -0.1) is 11.3 Å². The van der Waals surface area contributed by atoms with Crippen molar-refractivity contribution in [3.63, 3.8) is 0 Å². The average Bonchev–Trinajstić information content (AvgIpc) is 2.98. The molecule has 0 radical (unpaired) electrons. The van der Waals surface area contributed by atoms with Crippen LogP contribution in [0.3, 0.4) is 0 Å². The number of carbonyl (C=O) groups is 1. The molecule has 0 unspecified atom stereocenters. The first-order valence-electron chi connectivity index (χ1n) is 8.38. The number of nitrogens with one attached hydrogen (secondary N) is 2. The first-order chi connectivity index (χ1) is 11.6. The third kappa shape index (κ3) is 5.03. The number of sulfonamides is 1. The second-order valence-electron chi connectivity index (χ2n) is 7.09. The van der Waals surface area contributed by atoms with E-state index in [1.54, 1.807) is 32.1 Å². The van der Waals surface area contributed by atoms with Crippen molar-refractivity contribution in [1.29, 1.82) is 0 Å². The molecule has 0 atom stereocenters. The van der Waals surface area contributed by atoms with Crippen molar-refractivity contribution in [2.45, 2.75) is 51.7 Å². The van der Waals surface area contributed by atoms with E-state index in [0.717, 1.165) is 11.3 Å². The Balaban J connectivity index is 1.78. The highest BCUT2D eigenvalue weighted by Gasteiger charge is 2.27. The van der Waals surface area contributed by atoms with Gasteiger partial charge in [0.25, 0.3) is 0 Å². The fourth-order valence-corrected chi connectivity index (χ4v) is 4.11. The van der Waals surface area contributed by atoms with Gasteiger partial charge in [-0.05, 0) is 69.0 Å². The van der Waals surface area contributed by atoms with Crippen LogP contribution in [0.25, 0.3) is 10.1 Å². The van der Waals surface area contributed by atoms with Crippen LogP contribution in [-0.4, -0.2) is 25.6 Å². The zero-order valence-electron chi connectivity index (χ0n) is 15.2. The van der Waals surface area contributed by atoms with Crippen LogP contribution in [0.2, 0.25) is 0 Å². The SMILES string of the molecule is Cc1c(NC(=O)CCCCNS(=O)(=O)C(C)(C)C)ccc2ccsc12. The number of hydrogen-bond donors (Lipinski definition) is 2. The maximum Gasteiger partial charge on any atom is 0.224 e. The molecule has 25 heavy (non-hydrogen) atoms. The number of unbranched alkanes of at least 4 members (excludes halogenated alkanes) is 1. The van der Waals surface area contributed by atoms with Crippen LogP contribution in [0, 0.1) is 6.92 Å². The normalized spacial score (nSPS) is 12.5. The van der Waals surface area contributed by atoms with Gasteiger partial charge in [0.1, 0.15) is 0 Å². The molecule has 1 heterocycles. The maximum atomic E-state index is 12.1. The second kappa shape index (κ2) is 7.85. The highest BCUT2D eigenvalue weighted by atomic mass is 32.2. The van der Waals surface area contributed by atoms with E-state index in [-0.39, 0.29) is 5.91 Å². The van der Waals surface area contributed by atoms with Crippen LogP contribution in [-0.2, 0) is 14.8 Å². The molecule has 2 N–H and O–H groups in total. The van der Waals surface area contributed by atoms with E-state index >= 15 is 0 Å². The van der Waals surface area contributed by atoms with Gasteiger partial charge in [-0.3, -0.25) is 4.79 Å². The fourth-order valence-electron chi connectivity index (χ4n) is 2.36. The Morgan fingerprint density at radius 2 is 1.88 bits per heavy atom. The first-order valence-corrected chi connectivity index (χ1v) is 10.7. The summed E-state index contributed by atoms with van der Waals surface area (Å²) in [5, 5.41) is 6.18. The number of aryl methyl sites for hydroxylation is 1. The molecule has 5 nitrogen and oxygen atoms in total. The Labute approximate surface area is 153 Å². The topological polar surface area (TPSA) is 75.3 Å². The largest absolute Gasteiger partial charge is 0.326 e. The molecule has 138 valence electrons. The molecule has 0 spiro atoms. The number of rotatable bonds is 7. The average molecular weight is 383 g/mol. The second-order valence-corrected chi connectivity index (χ2v) is 10.5. The van der Waals surface area contributed by atoms with Gasteiger partial charge in [0, 0.05) is 23.4 Å². The van der Waals surface area contributed by atoms with Crippen LogP contribution >= 0.6 is 11.3 Å². The van der Waals surface area contributed by atoms with Crippen molar-refractivity contribution in [2.24, 2.45) is 0 Å². The van der Waals surface area contributed by atoms with Gasteiger partial charge in [0.05, 0.1) is 4.75 Å². The van der Waals surface area contributed by atoms with Crippen molar-refractivity contribution < 1.29 is 13.2 Å². The molecule has 7 heteroatoms. The number of carbonyl (C=O) groups excluding carboxylic acids is 1. The van der Waals surface area contributed by atoms with E-state index in [4.69, 9.17) is 0 Å². The summed E-state index contributed by atoms with van der Waals surface area (Å²) in [6, 6.07) is 6.01. The van der Waals surface area contributed by atoms with Crippen LogP contribution in [0.5, 0.6) is 0 Å². The molecular weight excluding hydrogens is 356 g/mol. The summed E-state index contributed by atoms with van der Waals surface area (Å²) >= 11 is 1.67. The highest BCUT2D eigenvalue weighted by Crippen LogP contribution is 2.29. The van der Waals surface area contributed by atoms with Crippen LogP contribution in [0.15, 0.2) is 23.6 Å². The van der Waals surface area contributed by atoms with Gasteiger partial charge in [-0.2, -0.15) is 0 Å². The zero-order chi connectivity index (χ0) is 18.7. The molecule has 1 aromatic heterocycles. The van der Waals surface area contributed by atoms with Gasteiger partial charge in [-0.25, -0.2) is 13.1 Å². The highest BCUT2D eigenvalue weighted by molar-refractivity contribution is 7.90. The fraction of sp³-hybridized carbons (Fsp3) is 0.500. The summed E-state index contributed by atoms with van der Waals surface area (Å²) in [7, 11) is -3.32. The molecule has 0 fully saturated rings. The van der Waals surface area contributed by atoms with Gasteiger partial charge < -0.3 is 5.32 Å². The number of thiophene rings is 1. The van der Waals surface area contributed by atoms with Gasteiger partial charge >= 0.3 is 0 Å². The van der Waals surface area contributed by atoms with E-state index in [9.17, 15) is 13.2 Å². The van der Waals surface area contributed by atoms with Crippen molar-refractivity contribution in [3.05, 3.63) is 29.1 Å². The Hall–Kier alpha value is -1.44. The monoisotopic (exact) mass is 382 g/mol. The quantitative estimate of drug-likeness (QED) is 0.710. The number of hydrogen-bond acceptors (Lipinski definition) is 4. The lowest BCUT2D eigenvalue weighted by Gasteiger charge is -2.19. The lowest BCUT2D eigenvalue weighted by atomic mass is 10.1. The number of benzene rings is 1. The Morgan fingerprint density at radius 1 is 1.16 bits per heavy atom. The summed E-state index contributed by atoms with van der Waals surface area (Å²) < 4.78 is 26.8. The summed E-state index contributed by atoms with van der Waals surface area (Å²) in [5.41, 5.74) is 1.92. The van der Waals surface area contributed by atoms with E-state index in [1.165, 1.54) is 10.1 Å². The lowest BCUT2D eigenvalue weighted by Crippen LogP contribution is -2.39. The molecule has 0 aliphatic rings. The number of anilines is 1. The standard InChI is InChI=1S/C18H26N2O3S2/c1-13-15(9-8-14-10-12-24-17(13)14)20-16(21)7-5-6-11-19-25(22,23)18(2,3)4/h8-10,12,19H,5-7,11H2,1-4H3,(H,20,21). The van der Waals surface area contributed by atoms with Gasteiger partial charge in [-0.1, -0.05) is 6.07 Å². The first kappa shape index (κ1) is 19.9. The lowest BCUT2D eigenvalue weighted by molar-refractivity contribution is -0.116. The Bertz CT molecular complexity index is 849. The van der Waals surface area contributed by atoms with Crippen molar-refractivity contribution in [1.82, 2.24) is 4.72 Å². The molecule has 0 bridgehead atoms. The third-order valence-corrected chi connectivity index (χ3v) is 7.32. The van der Waals surface area contributed by atoms with Crippen LogP contribution < -0.4 is 10.0 Å². The summed E-state index contributed by atoms with van der Waals surface area (Å²) in [5.74, 6) is -0.0438. The van der Waals surface area contributed by atoms with E-state index < -0.39 is 14.8 Å². The molecule has 2 rings (SSSR count). The van der Waals surface area contributed by atoms with Gasteiger partial charge in [0.15, 0.2) is 0 Å². The van der Waals surface area contributed by atoms with Crippen molar-refractivity contribution in [3.8, 4) is 0 Å². The molecule has 1 aromatic carbocycles. The van der Waals surface area contributed by atoms with E-state index in [1.807, 2.05) is 24.4 Å². The van der Waals surface area contributed by atoms with Crippen molar-refractivity contribution in [2.75, 3.05) is 11.9 Å². The molecule has 0 aliphatic heterocycles. The Morgan fingerprint density at radius 3 is 2.56 bits per heavy atom.